The number of anilines is 2. The average Bonchev–Trinajstić information content (AvgIpc) is 2.72. The van der Waals surface area contributed by atoms with Crippen LogP contribution in [0.25, 0.3) is 0 Å². The molecule has 7 heteroatoms. The van der Waals surface area contributed by atoms with Crippen molar-refractivity contribution >= 4 is 17.2 Å². The summed E-state index contributed by atoms with van der Waals surface area (Å²) >= 11 is 0. The van der Waals surface area contributed by atoms with Gasteiger partial charge in [-0.1, -0.05) is 6.42 Å². The van der Waals surface area contributed by atoms with Crippen molar-refractivity contribution in [3.8, 4) is 5.88 Å². The Hall–Kier alpha value is -2.67. The first-order chi connectivity index (χ1) is 14.5. The van der Waals surface area contributed by atoms with Gasteiger partial charge in [0.25, 0.3) is 0 Å². The summed E-state index contributed by atoms with van der Waals surface area (Å²) in [5, 5.41) is 8.72. The topological polar surface area (TPSA) is 91.4 Å². The van der Waals surface area contributed by atoms with Crippen molar-refractivity contribution in [2.24, 2.45) is 5.92 Å². The first-order valence-corrected chi connectivity index (χ1v) is 10.9. The van der Waals surface area contributed by atoms with Gasteiger partial charge < -0.3 is 15.4 Å². The Morgan fingerprint density at radius 1 is 1.20 bits per heavy atom. The highest BCUT2D eigenvalue weighted by atomic mass is 16.5. The molecular formula is C23H32N6O. The molecule has 1 aliphatic carbocycles. The third-order valence-electron chi connectivity index (χ3n) is 6.01. The summed E-state index contributed by atoms with van der Waals surface area (Å²) in [6.45, 7) is 9.24. The predicted molar refractivity (Wildman–Crippen MR) is 121 cm³/mol. The number of pyridine rings is 2. The van der Waals surface area contributed by atoms with Crippen molar-refractivity contribution in [3.05, 3.63) is 41.7 Å². The molecule has 0 bridgehead atoms. The van der Waals surface area contributed by atoms with Gasteiger partial charge >= 0.3 is 0 Å². The van der Waals surface area contributed by atoms with Crippen molar-refractivity contribution in [3.63, 3.8) is 0 Å². The number of nitrogens with two attached hydrogens (primary N) is 1. The van der Waals surface area contributed by atoms with Crippen molar-refractivity contribution in [1.82, 2.24) is 14.9 Å². The van der Waals surface area contributed by atoms with Gasteiger partial charge in [0.2, 0.25) is 5.88 Å². The summed E-state index contributed by atoms with van der Waals surface area (Å²) in [5.74, 6) is 2.32. The molecule has 3 heterocycles. The molecule has 2 aromatic heterocycles. The fraction of sp³-hybridized carbons (Fsp3) is 0.522. The summed E-state index contributed by atoms with van der Waals surface area (Å²) < 4.78 is 5.68. The van der Waals surface area contributed by atoms with E-state index in [1.807, 2.05) is 26.0 Å². The summed E-state index contributed by atoms with van der Waals surface area (Å²) in [5.41, 5.74) is 8.37. The van der Waals surface area contributed by atoms with Crippen LogP contribution >= 0.6 is 0 Å². The van der Waals surface area contributed by atoms with Gasteiger partial charge in [-0.2, -0.15) is 0 Å². The monoisotopic (exact) mass is 408 g/mol. The normalized spacial score (nSPS) is 17.8. The third-order valence-corrected chi connectivity index (χ3v) is 6.01. The predicted octanol–water partition coefficient (Wildman–Crippen LogP) is 3.18. The standard InChI is InChI=1S/C23H32N6O/c1-16(2)30-22-13-19(20(24)14-27-22)23(25)18-6-7-26-21(12-18)29-10-8-28(9-11-29)15-17-4-3-5-17/h6-7,12-14,16-17,25H,3-5,8-11,15,24H2,1-2H3. The zero-order chi connectivity index (χ0) is 21.1. The average molecular weight is 409 g/mol. The summed E-state index contributed by atoms with van der Waals surface area (Å²) in [7, 11) is 0. The van der Waals surface area contributed by atoms with Crippen LogP contribution in [0.4, 0.5) is 11.5 Å². The van der Waals surface area contributed by atoms with E-state index in [4.69, 9.17) is 15.9 Å². The Bertz CT molecular complexity index is 887. The number of nitrogens with zero attached hydrogens (tertiary/aromatic N) is 4. The fourth-order valence-electron chi connectivity index (χ4n) is 4.07. The minimum Gasteiger partial charge on any atom is -0.475 e. The molecule has 1 saturated carbocycles. The maximum atomic E-state index is 8.72. The van der Waals surface area contributed by atoms with Crippen LogP contribution < -0.4 is 15.4 Å². The first-order valence-electron chi connectivity index (χ1n) is 10.9. The Morgan fingerprint density at radius 3 is 2.63 bits per heavy atom. The molecule has 0 unspecified atom stereocenters. The summed E-state index contributed by atoms with van der Waals surface area (Å²) in [6.07, 6.45) is 7.55. The molecule has 7 nitrogen and oxygen atoms in total. The van der Waals surface area contributed by atoms with Crippen LogP contribution in [-0.2, 0) is 0 Å². The van der Waals surface area contributed by atoms with E-state index >= 15 is 0 Å². The molecule has 4 rings (SSSR count). The van der Waals surface area contributed by atoms with Crippen molar-refractivity contribution in [2.45, 2.75) is 39.2 Å². The Balaban J connectivity index is 1.45. The van der Waals surface area contributed by atoms with Crippen LogP contribution in [0, 0.1) is 11.3 Å². The largest absolute Gasteiger partial charge is 0.475 e. The molecule has 2 aromatic rings. The molecule has 30 heavy (non-hydrogen) atoms. The van der Waals surface area contributed by atoms with Gasteiger partial charge in [-0.15, -0.1) is 0 Å². The molecule has 0 amide bonds. The van der Waals surface area contributed by atoms with Crippen LogP contribution in [0.15, 0.2) is 30.6 Å². The van der Waals surface area contributed by atoms with E-state index in [9.17, 15) is 0 Å². The quantitative estimate of drug-likeness (QED) is 0.684. The van der Waals surface area contributed by atoms with Crippen molar-refractivity contribution < 1.29 is 4.74 Å². The van der Waals surface area contributed by atoms with Crippen LogP contribution in [0.5, 0.6) is 5.88 Å². The highest BCUT2D eigenvalue weighted by Crippen LogP contribution is 2.28. The van der Waals surface area contributed by atoms with E-state index in [0.717, 1.165) is 43.5 Å². The van der Waals surface area contributed by atoms with E-state index in [1.165, 1.54) is 25.8 Å². The molecule has 3 N–H and O–H groups in total. The number of hydrogen-bond donors (Lipinski definition) is 2. The molecule has 1 saturated heterocycles. The van der Waals surface area contributed by atoms with E-state index < -0.39 is 0 Å². The second-order valence-corrected chi connectivity index (χ2v) is 8.64. The molecular weight excluding hydrogens is 376 g/mol. The summed E-state index contributed by atoms with van der Waals surface area (Å²) in [6, 6.07) is 5.60. The van der Waals surface area contributed by atoms with Crippen LogP contribution in [-0.4, -0.2) is 59.4 Å². The number of nitrogens with one attached hydrogen (secondary N) is 1. The van der Waals surface area contributed by atoms with Crippen molar-refractivity contribution in [1.29, 1.82) is 5.41 Å². The Morgan fingerprint density at radius 2 is 1.97 bits per heavy atom. The van der Waals surface area contributed by atoms with Gasteiger partial charge in [0.1, 0.15) is 5.82 Å². The first kappa shape index (κ1) is 20.6. The molecule has 160 valence electrons. The molecule has 0 atom stereocenters. The third kappa shape index (κ3) is 4.73. The van der Waals surface area contributed by atoms with Crippen LogP contribution in [0.3, 0.4) is 0 Å². The summed E-state index contributed by atoms with van der Waals surface area (Å²) in [4.78, 5) is 13.7. The van der Waals surface area contributed by atoms with Gasteiger partial charge in [-0.25, -0.2) is 9.97 Å². The second-order valence-electron chi connectivity index (χ2n) is 8.64. The number of aromatic nitrogens is 2. The Labute approximate surface area is 178 Å². The second kappa shape index (κ2) is 9.00. The van der Waals surface area contributed by atoms with Crippen LogP contribution in [0.2, 0.25) is 0 Å². The van der Waals surface area contributed by atoms with E-state index in [0.29, 0.717) is 22.8 Å². The number of nitrogen functional groups attached to an aromatic ring is 1. The lowest BCUT2D eigenvalue weighted by atomic mass is 9.85. The maximum absolute atomic E-state index is 8.72. The van der Waals surface area contributed by atoms with E-state index in [2.05, 4.69) is 19.8 Å². The highest BCUT2D eigenvalue weighted by Gasteiger charge is 2.24. The van der Waals surface area contributed by atoms with E-state index in [1.54, 1.807) is 18.5 Å². The molecule has 0 spiro atoms. The minimum absolute atomic E-state index is 0.0126. The zero-order valence-electron chi connectivity index (χ0n) is 18.0. The van der Waals surface area contributed by atoms with Gasteiger partial charge in [0.05, 0.1) is 23.7 Å². The SMILES string of the molecule is CC(C)Oc1cc(C(=N)c2ccnc(N3CCN(CC4CCC4)CC3)c2)c(N)cn1. The lowest BCUT2D eigenvalue weighted by Gasteiger charge is -2.39. The minimum atomic E-state index is 0.0126. The lowest BCUT2D eigenvalue weighted by molar-refractivity contribution is 0.170. The Kier molecular flexibility index (Phi) is 6.18. The van der Waals surface area contributed by atoms with E-state index in [-0.39, 0.29) is 6.10 Å². The zero-order valence-corrected chi connectivity index (χ0v) is 18.0. The van der Waals surface area contributed by atoms with Gasteiger partial charge in [0.15, 0.2) is 0 Å². The molecule has 1 aliphatic heterocycles. The lowest BCUT2D eigenvalue weighted by Crippen LogP contribution is -2.48. The van der Waals surface area contributed by atoms with Crippen LogP contribution in [0.1, 0.15) is 44.2 Å². The number of piperazine rings is 1. The van der Waals surface area contributed by atoms with Crippen molar-refractivity contribution in [2.75, 3.05) is 43.4 Å². The smallest absolute Gasteiger partial charge is 0.214 e. The molecule has 0 radical (unpaired) electrons. The van der Waals surface area contributed by atoms with Gasteiger partial charge in [0, 0.05) is 56.1 Å². The number of rotatable bonds is 7. The molecule has 2 fully saturated rings. The number of hydrogen-bond acceptors (Lipinski definition) is 7. The highest BCUT2D eigenvalue weighted by molar-refractivity contribution is 6.14. The molecule has 0 aromatic carbocycles. The fourth-order valence-corrected chi connectivity index (χ4v) is 4.07. The van der Waals surface area contributed by atoms with Gasteiger partial charge in [-0.05, 0) is 44.7 Å². The molecule has 2 aliphatic rings. The van der Waals surface area contributed by atoms with Gasteiger partial charge in [-0.3, -0.25) is 10.3 Å². The maximum Gasteiger partial charge on any atom is 0.214 e. The number of ether oxygens (including phenoxy) is 1.